The Balaban J connectivity index is 0.00000107. The molecule has 5 aromatic rings. The van der Waals surface area contributed by atoms with Crippen molar-refractivity contribution in [3.05, 3.63) is 100 Å². The lowest BCUT2D eigenvalue weighted by molar-refractivity contribution is -0.101. The van der Waals surface area contributed by atoms with Gasteiger partial charge in [-0.2, -0.15) is 8.42 Å². The molecule has 1 atom stereocenters. The van der Waals surface area contributed by atoms with Gasteiger partial charge in [-0.15, -0.1) is 0 Å². The number of nitrogen functional groups attached to an aromatic ring is 1. The fourth-order valence-electron chi connectivity index (χ4n) is 6.88. The van der Waals surface area contributed by atoms with Gasteiger partial charge in [-0.25, -0.2) is 9.37 Å². The molecule has 320 valence electrons. The number of pyridine rings is 3. The van der Waals surface area contributed by atoms with Crippen LogP contribution >= 0.6 is 0 Å². The molecule has 2 saturated heterocycles. The van der Waals surface area contributed by atoms with E-state index in [-0.39, 0.29) is 45.7 Å². The summed E-state index contributed by atoms with van der Waals surface area (Å²) in [6, 6.07) is 15.3. The Morgan fingerprint density at radius 1 is 0.917 bits per heavy atom. The maximum atomic E-state index is 16.4. The first-order valence-corrected chi connectivity index (χ1v) is 19.9. The van der Waals surface area contributed by atoms with Crippen LogP contribution < -0.4 is 26.4 Å². The molecule has 3 aromatic heterocycles. The van der Waals surface area contributed by atoms with Crippen molar-refractivity contribution in [3.63, 3.8) is 0 Å². The zero-order valence-electron chi connectivity index (χ0n) is 32.8. The number of primary amides is 1. The smallest absolute Gasteiger partial charge is 0.394 e. The molecule has 2 aliphatic rings. The van der Waals surface area contributed by atoms with Crippen molar-refractivity contribution in [3.8, 4) is 56.3 Å². The SMILES string of the molecule is COc1cc(-c2cnc(N)c(-c3ccc(-c4c(C(N)=O)c(=O)c(-c5ccc(C)cn5)cn4CC4CCOCC4)cc3F)c2)ccc1OC[C@H]1COCCO1.O.O=S(=O)(O)O. The van der Waals surface area contributed by atoms with Gasteiger partial charge >= 0.3 is 10.4 Å². The van der Waals surface area contributed by atoms with Gasteiger partial charge in [0.25, 0.3) is 5.91 Å². The van der Waals surface area contributed by atoms with Crippen molar-refractivity contribution in [1.29, 1.82) is 0 Å². The molecule has 0 aliphatic carbocycles. The molecule has 2 aliphatic heterocycles. The number of benzene rings is 2. The topological polar surface area (TPSA) is 269 Å². The van der Waals surface area contributed by atoms with Crippen molar-refractivity contribution in [2.75, 3.05) is 52.5 Å². The molecule has 2 fully saturated rings. The first kappa shape index (κ1) is 45.3. The number of anilines is 1. The third kappa shape index (κ3) is 11.3. The number of methoxy groups -OCH3 is 1. The summed E-state index contributed by atoms with van der Waals surface area (Å²) in [5, 5.41) is 0. The standard InChI is InChI=1S/C41H42FN5O7.H2O4S.H2O/c1-24-3-7-34(45-18-24)32-21-47(20-25-9-11-51-12-10-25)38(37(39(32)48)41(44)49)27-4-6-30(33(42)16-27)31-15-28(19-46-40(31)43)26-5-8-35(36(17-26)50-2)54-23-29-22-52-13-14-53-29;1-5(2,3)4;/h3-8,15-19,21,25,29H,9-14,20,22-23H2,1-2H3,(H2,43,46)(H2,44,49);(H2,1,2,3,4);1H2/t29-;;/m1../s1. The van der Waals surface area contributed by atoms with E-state index >= 15 is 4.39 Å². The highest BCUT2D eigenvalue weighted by Crippen LogP contribution is 2.37. The van der Waals surface area contributed by atoms with E-state index in [9.17, 15) is 9.59 Å². The minimum atomic E-state index is -4.67. The number of carbonyl (C=O) groups is 1. The second-order valence-corrected chi connectivity index (χ2v) is 14.8. The summed E-state index contributed by atoms with van der Waals surface area (Å²) in [6.07, 6.45) is 6.36. The van der Waals surface area contributed by atoms with Crippen LogP contribution in [0.5, 0.6) is 11.5 Å². The Morgan fingerprint density at radius 2 is 1.65 bits per heavy atom. The van der Waals surface area contributed by atoms with Gasteiger partial charge in [-0.1, -0.05) is 24.3 Å². The number of aryl methyl sites for hydroxylation is 1. The second kappa shape index (κ2) is 20.0. The molecule has 60 heavy (non-hydrogen) atoms. The number of hydrogen-bond acceptors (Lipinski definition) is 12. The largest absolute Gasteiger partial charge is 0.493 e. The molecule has 7 rings (SSSR count). The molecule has 0 spiro atoms. The fraction of sp³-hybridized carbons (Fsp3) is 0.317. The first-order valence-electron chi connectivity index (χ1n) is 18.5. The second-order valence-electron chi connectivity index (χ2n) is 13.9. The van der Waals surface area contributed by atoms with Crippen LogP contribution in [0, 0.1) is 18.7 Å². The third-order valence-corrected chi connectivity index (χ3v) is 9.77. The van der Waals surface area contributed by atoms with Crippen LogP contribution in [0.4, 0.5) is 10.2 Å². The van der Waals surface area contributed by atoms with Gasteiger partial charge < -0.3 is 45.2 Å². The molecule has 0 unspecified atom stereocenters. The summed E-state index contributed by atoms with van der Waals surface area (Å²) in [5.41, 5.74) is 15.5. The van der Waals surface area contributed by atoms with Crippen LogP contribution in [0.1, 0.15) is 28.8 Å². The summed E-state index contributed by atoms with van der Waals surface area (Å²) >= 11 is 0. The fourth-order valence-corrected chi connectivity index (χ4v) is 6.88. The normalized spacial score (nSPS) is 15.6. The van der Waals surface area contributed by atoms with E-state index in [1.165, 1.54) is 6.07 Å². The third-order valence-electron chi connectivity index (χ3n) is 9.77. The zero-order valence-corrected chi connectivity index (χ0v) is 33.6. The van der Waals surface area contributed by atoms with Crippen molar-refractivity contribution in [1.82, 2.24) is 14.5 Å². The van der Waals surface area contributed by atoms with Gasteiger partial charge in [0.1, 0.15) is 29.9 Å². The zero-order chi connectivity index (χ0) is 42.3. The Labute approximate surface area is 344 Å². The van der Waals surface area contributed by atoms with Crippen molar-refractivity contribution in [2.45, 2.75) is 32.4 Å². The minimum Gasteiger partial charge on any atom is -0.493 e. The van der Waals surface area contributed by atoms with Crippen LogP contribution in [-0.2, 0) is 31.2 Å². The molecule has 8 N–H and O–H groups in total. The molecular weight excluding hydrogens is 806 g/mol. The predicted molar refractivity (Wildman–Crippen MR) is 220 cm³/mol. The number of halogens is 1. The lowest BCUT2D eigenvalue weighted by atomic mass is 9.95. The number of aromatic nitrogens is 3. The molecule has 5 heterocycles. The van der Waals surface area contributed by atoms with Crippen LogP contribution in [0.15, 0.2) is 78.0 Å². The maximum Gasteiger partial charge on any atom is 0.394 e. The van der Waals surface area contributed by atoms with E-state index in [4.69, 9.17) is 52.7 Å². The van der Waals surface area contributed by atoms with Crippen LogP contribution in [0.3, 0.4) is 0 Å². The highest BCUT2D eigenvalue weighted by Gasteiger charge is 2.26. The maximum absolute atomic E-state index is 16.4. The molecule has 0 radical (unpaired) electrons. The minimum absolute atomic E-state index is 0. The van der Waals surface area contributed by atoms with Crippen molar-refractivity contribution >= 4 is 22.1 Å². The van der Waals surface area contributed by atoms with E-state index in [0.29, 0.717) is 80.1 Å². The summed E-state index contributed by atoms with van der Waals surface area (Å²) in [7, 11) is -3.12. The number of nitrogens with zero attached hydrogens (tertiary/aromatic N) is 3. The lowest BCUT2D eigenvalue weighted by Crippen LogP contribution is -2.33. The predicted octanol–water partition coefficient (Wildman–Crippen LogP) is 4.19. The molecule has 0 bridgehead atoms. The van der Waals surface area contributed by atoms with Crippen LogP contribution in [-0.4, -0.2) is 96.3 Å². The van der Waals surface area contributed by atoms with Gasteiger partial charge in [-0.3, -0.25) is 23.7 Å². The number of ether oxygens (including phenoxy) is 5. The number of nitrogens with two attached hydrogens (primary N) is 2. The van der Waals surface area contributed by atoms with E-state index < -0.39 is 27.6 Å². The summed E-state index contributed by atoms with van der Waals surface area (Å²) in [6.45, 7) is 5.40. The highest BCUT2D eigenvalue weighted by atomic mass is 32.3. The average Bonchev–Trinajstić information content (AvgIpc) is 3.21. The van der Waals surface area contributed by atoms with Gasteiger partial charge in [0.05, 0.1) is 43.9 Å². The van der Waals surface area contributed by atoms with Gasteiger partial charge in [-0.05, 0) is 67.1 Å². The van der Waals surface area contributed by atoms with E-state index in [2.05, 4.69) is 9.97 Å². The molecule has 1 amide bonds. The van der Waals surface area contributed by atoms with Gasteiger partial charge in [0, 0.05) is 60.6 Å². The van der Waals surface area contributed by atoms with E-state index in [0.717, 1.165) is 24.0 Å². The molecule has 19 heteroatoms. The van der Waals surface area contributed by atoms with Gasteiger partial charge in [0.15, 0.2) is 11.5 Å². The number of amides is 1. The summed E-state index contributed by atoms with van der Waals surface area (Å²) in [5.74, 6) is -0.196. The van der Waals surface area contributed by atoms with Crippen LogP contribution in [0.2, 0.25) is 0 Å². The Bertz CT molecular complexity index is 2460. The monoisotopic (exact) mass is 851 g/mol. The average molecular weight is 852 g/mol. The van der Waals surface area contributed by atoms with E-state index in [1.807, 2.05) is 29.7 Å². The van der Waals surface area contributed by atoms with Crippen LogP contribution in [0.25, 0.3) is 44.8 Å². The number of hydrogen-bond donors (Lipinski definition) is 4. The quantitative estimate of drug-likeness (QED) is 0.136. The summed E-state index contributed by atoms with van der Waals surface area (Å²) in [4.78, 5) is 35.9. The number of carbonyl (C=O) groups excluding carboxylic acids is 1. The first-order chi connectivity index (χ1) is 28.2. The van der Waals surface area contributed by atoms with Crippen molar-refractivity contribution < 1.29 is 55.9 Å². The van der Waals surface area contributed by atoms with Gasteiger partial charge in [0.2, 0.25) is 5.43 Å². The Kier molecular flexibility index (Phi) is 15.1. The molecule has 2 aromatic carbocycles. The summed E-state index contributed by atoms with van der Waals surface area (Å²) < 4.78 is 78.1. The highest BCUT2D eigenvalue weighted by molar-refractivity contribution is 7.79. The van der Waals surface area contributed by atoms with E-state index in [1.54, 1.807) is 56.0 Å². The molecule has 17 nitrogen and oxygen atoms in total. The molecular formula is C41H46FN5O12S. The Hall–Kier alpha value is -5.80. The number of rotatable bonds is 11. The molecule has 0 saturated carbocycles. The van der Waals surface area contributed by atoms with Crippen molar-refractivity contribution in [2.24, 2.45) is 11.7 Å². The Morgan fingerprint density at radius 3 is 2.28 bits per heavy atom. The lowest BCUT2D eigenvalue weighted by Gasteiger charge is -2.26.